The number of anilines is 1. The van der Waals surface area contributed by atoms with Gasteiger partial charge in [0.1, 0.15) is 5.70 Å². The standard InChI is InChI=1S/C15H21N3O/c1-10(2)13(14(18-16)15(19)11(3)4)17-12-8-6-5-7-9-12/h5-11,16-17H,1-4H3/b14-13-,18-16?. The van der Waals surface area contributed by atoms with E-state index >= 15 is 0 Å². The van der Waals surface area contributed by atoms with E-state index in [1.807, 2.05) is 58.0 Å². The Morgan fingerprint density at radius 3 is 2.11 bits per heavy atom. The van der Waals surface area contributed by atoms with Gasteiger partial charge in [-0.15, -0.1) is 0 Å². The first-order valence-corrected chi connectivity index (χ1v) is 6.45. The molecular weight excluding hydrogens is 238 g/mol. The number of carbonyl (C=O) groups is 1. The van der Waals surface area contributed by atoms with Crippen molar-refractivity contribution in [2.75, 3.05) is 5.32 Å². The van der Waals surface area contributed by atoms with Crippen LogP contribution < -0.4 is 5.32 Å². The summed E-state index contributed by atoms with van der Waals surface area (Å²) in [5.74, 6) is -0.190. The molecule has 4 heteroatoms. The summed E-state index contributed by atoms with van der Waals surface area (Å²) in [5.41, 5.74) is 9.08. The molecule has 0 fully saturated rings. The molecular formula is C15H21N3O. The number of Topliss-reactive ketones (excluding diaryl/α,β-unsaturated/α-hetero) is 1. The number of ketones is 1. The number of benzene rings is 1. The fourth-order valence-electron chi connectivity index (χ4n) is 1.68. The summed E-state index contributed by atoms with van der Waals surface area (Å²) < 4.78 is 0. The third-order valence-electron chi connectivity index (χ3n) is 2.75. The van der Waals surface area contributed by atoms with Gasteiger partial charge in [0.2, 0.25) is 0 Å². The molecule has 1 aromatic carbocycles. The molecule has 0 aliphatic carbocycles. The second-order valence-electron chi connectivity index (χ2n) is 5.04. The number of allylic oxidation sites excluding steroid dienone is 2. The van der Waals surface area contributed by atoms with Gasteiger partial charge in [-0.05, 0) is 18.1 Å². The maximum absolute atomic E-state index is 12.1. The number of rotatable bonds is 6. The van der Waals surface area contributed by atoms with Crippen molar-refractivity contribution >= 4 is 11.5 Å². The molecule has 0 bridgehead atoms. The van der Waals surface area contributed by atoms with Gasteiger partial charge in [-0.1, -0.05) is 45.9 Å². The Labute approximate surface area is 114 Å². The van der Waals surface area contributed by atoms with Crippen molar-refractivity contribution in [3.05, 3.63) is 41.7 Å². The van der Waals surface area contributed by atoms with Crippen LogP contribution in [0, 0.1) is 17.4 Å². The highest BCUT2D eigenvalue weighted by Gasteiger charge is 2.20. The summed E-state index contributed by atoms with van der Waals surface area (Å²) >= 11 is 0. The zero-order valence-corrected chi connectivity index (χ0v) is 11.9. The highest BCUT2D eigenvalue weighted by molar-refractivity contribution is 5.97. The molecule has 1 rings (SSSR count). The van der Waals surface area contributed by atoms with Crippen molar-refractivity contribution < 1.29 is 4.79 Å². The van der Waals surface area contributed by atoms with Gasteiger partial charge in [-0.3, -0.25) is 4.79 Å². The summed E-state index contributed by atoms with van der Waals surface area (Å²) in [4.78, 5) is 12.1. The molecule has 19 heavy (non-hydrogen) atoms. The third kappa shape index (κ3) is 4.02. The Bertz CT molecular complexity index is 475. The van der Waals surface area contributed by atoms with Crippen LogP contribution in [-0.4, -0.2) is 5.78 Å². The van der Waals surface area contributed by atoms with Crippen molar-refractivity contribution in [3.63, 3.8) is 0 Å². The minimum absolute atomic E-state index is 0.0898. The number of hydrogen-bond donors (Lipinski definition) is 2. The minimum atomic E-state index is -0.171. The molecule has 1 aromatic rings. The molecule has 0 aliphatic rings. The van der Waals surface area contributed by atoms with E-state index in [-0.39, 0.29) is 23.3 Å². The SMILES string of the molecule is CC(C)C(=O)/C(N=N)=C(/Nc1ccccc1)C(C)C. The average Bonchev–Trinajstić information content (AvgIpc) is 2.39. The summed E-state index contributed by atoms with van der Waals surface area (Å²) in [6.45, 7) is 7.58. The first-order chi connectivity index (χ1) is 8.97. The maximum atomic E-state index is 12.1. The molecule has 0 atom stereocenters. The van der Waals surface area contributed by atoms with Gasteiger partial charge in [0.25, 0.3) is 0 Å². The van der Waals surface area contributed by atoms with E-state index in [2.05, 4.69) is 10.4 Å². The molecule has 102 valence electrons. The van der Waals surface area contributed by atoms with E-state index in [1.165, 1.54) is 0 Å². The Morgan fingerprint density at radius 2 is 1.68 bits per heavy atom. The molecule has 0 aliphatic heterocycles. The third-order valence-corrected chi connectivity index (χ3v) is 2.75. The van der Waals surface area contributed by atoms with Crippen LogP contribution in [0.15, 0.2) is 46.8 Å². The van der Waals surface area contributed by atoms with E-state index in [1.54, 1.807) is 0 Å². The molecule has 0 amide bonds. The molecule has 0 saturated carbocycles. The van der Waals surface area contributed by atoms with Crippen molar-refractivity contribution in [1.82, 2.24) is 0 Å². The van der Waals surface area contributed by atoms with Crippen LogP contribution in [0.3, 0.4) is 0 Å². The Hall–Kier alpha value is -1.97. The lowest BCUT2D eigenvalue weighted by atomic mass is 10.00. The molecule has 0 saturated heterocycles. The molecule has 0 unspecified atom stereocenters. The number of hydrogen-bond acceptors (Lipinski definition) is 4. The van der Waals surface area contributed by atoms with Gasteiger partial charge in [-0.25, -0.2) is 5.53 Å². The number of carbonyl (C=O) groups excluding carboxylic acids is 1. The molecule has 0 heterocycles. The topological polar surface area (TPSA) is 65.3 Å². The monoisotopic (exact) mass is 259 g/mol. The lowest BCUT2D eigenvalue weighted by Crippen LogP contribution is -2.17. The highest BCUT2D eigenvalue weighted by atomic mass is 16.1. The first kappa shape index (κ1) is 15.1. The number of nitrogens with zero attached hydrogens (tertiary/aromatic N) is 1. The van der Waals surface area contributed by atoms with E-state index < -0.39 is 0 Å². The number of para-hydroxylation sites is 1. The maximum Gasteiger partial charge on any atom is 0.187 e. The van der Waals surface area contributed by atoms with E-state index in [0.717, 1.165) is 5.69 Å². The first-order valence-electron chi connectivity index (χ1n) is 6.45. The van der Waals surface area contributed by atoms with Gasteiger partial charge < -0.3 is 5.32 Å². The average molecular weight is 259 g/mol. The molecule has 4 nitrogen and oxygen atoms in total. The predicted octanol–water partition coefficient (Wildman–Crippen LogP) is 4.22. The Kier molecular flexibility index (Phi) is 5.42. The minimum Gasteiger partial charge on any atom is -0.357 e. The highest BCUT2D eigenvalue weighted by Crippen LogP contribution is 2.22. The quantitative estimate of drug-likeness (QED) is 0.593. The zero-order valence-electron chi connectivity index (χ0n) is 11.9. The zero-order chi connectivity index (χ0) is 14.4. The second-order valence-corrected chi connectivity index (χ2v) is 5.04. The van der Waals surface area contributed by atoms with Gasteiger partial charge in [-0.2, -0.15) is 5.11 Å². The lowest BCUT2D eigenvalue weighted by Gasteiger charge is -2.17. The Morgan fingerprint density at radius 1 is 1.11 bits per heavy atom. The van der Waals surface area contributed by atoms with Crippen molar-refractivity contribution in [2.45, 2.75) is 27.7 Å². The van der Waals surface area contributed by atoms with Gasteiger partial charge in [0, 0.05) is 17.3 Å². The fraction of sp³-hybridized carbons (Fsp3) is 0.400. The van der Waals surface area contributed by atoms with Gasteiger partial charge >= 0.3 is 0 Å². The molecule has 0 radical (unpaired) electrons. The van der Waals surface area contributed by atoms with E-state index in [0.29, 0.717) is 5.70 Å². The van der Waals surface area contributed by atoms with Gasteiger partial charge in [0.15, 0.2) is 5.78 Å². The van der Waals surface area contributed by atoms with E-state index in [9.17, 15) is 4.79 Å². The van der Waals surface area contributed by atoms with Gasteiger partial charge in [0.05, 0.1) is 0 Å². The van der Waals surface area contributed by atoms with Crippen LogP contribution in [-0.2, 0) is 4.79 Å². The summed E-state index contributed by atoms with van der Waals surface area (Å²) in [6, 6.07) is 9.61. The van der Waals surface area contributed by atoms with E-state index in [4.69, 9.17) is 5.53 Å². The number of nitrogens with one attached hydrogen (secondary N) is 2. The summed E-state index contributed by atoms with van der Waals surface area (Å²) in [5, 5.41) is 6.65. The predicted molar refractivity (Wildman–Crippen MR) is 76.9 cm³/mol. The summed E-state index contributed by atoms with van der Waals surface area (Å²) in [7, 11) is 0. The van der Waals surface area contributed by atoms with Crippen LogP contribution in [0.25, 0.3) is 0 Å². The van der Waals surface area contributed by atoms with Crippen LogP contribution in [0.2, 0.25) is 0 Å². The second kappa shape index (κ2) is 6.83. The largest absolute Gasteiger partial charge is 0.357 e. The van der Waals surface area contributed by atoms with Crippen molar-refractivity contribution in [2.24, 2.45) is 17.0 Å². The molecule has 0 aromatic heterocycles. The van der Waals surface area contributed by atoms with Crippen LogP contribution in [0.4, 0.5) is 5.69 Å². The Balaban J connectivity index is 3.17. The lowest BCUT2D eigenvalue weighted by molar-refractivity contribution is -0.118. The van der Waals surface area contributed by atoms with Crippen LogP contribution in [0.5, 0.6) is 0 Å². The normalized spacial score (nSPS) is 12.3. The molecule has 0 spiro atoms. The summed E-state index contributed by atoms with van der Waals surface area (Å²) in [6.07, 6.45) is 0. The van der Waals surface area contributed by atoms with Crippen LogP contribution in [0.1, 0.15) is 27.7 Å². The van der Waals surface area contributed by atoms with Crippen LogP contribution >= 0.6 is 0 Å². The smallest absolute Gasteiger partial charge is 0.187 e. The fourth-order valence-corrected chi connectivity index (χ4v) is 1.68. The molecule has 2 N–H and O–H groups in total. The van der Waals surface area contributed by atoms with Crippen molar-refractivity contribution in [3.8, 4) is 0 Å². The van der Waals surface area contributed by atoms with Crippen molar-refractivity contribution in [1.29, 1.82) is 5.53 Å².